The van der Waals surface area contributed by atoms with E-state index in [2.05, 4.69) is 15.5 Å². The third-order valence-electron chi connectivity index (χ3n) is 4.14. The van der Waals surface area contributed by atoms with E-state index >= 15 is 0 Å². The number of aromatic nitrogens is 3. The minimum atomic E-state index is 0.0637. The standard InChI is InChI=1S/C18H23ClN4O2S/c1-12-10-13(19)5-8-15(12)25-9-3-4-16-21-22-18(23(16)2)26-11-17(24)20-14-6-7-14/h5,8,10,14H,3-4,6-7,9,11H2,1-2H3,(H,20,24). The number of aryl methyl sites for hydroxylation is 2. The number of amides is 1. The van der Waals surface area contributed by atoms with Gasteiger partial charge in [0.05, 0.1) is 12.4 Å². The zero-order valence-corrected chi connectivity index (χ0v) is 16.6. The fourth-order valence-corrected chi connectivity index (χ4v) is 3.47. The molecule has 1 saturated carbocycles. The fraction of sp³-hybridized carbons (Fsp3) is 0.500. The highest BCUT2D eigenvalue weighted by molar-refractivity contribution is 7.99. The van der Waals surface area contributed by atoms with Crippen molar-refractivity contribution in [2.75, 3.05) is 12.4 Å². The number of hydrogen-bond donors (Lipinski definition) is 1. The summed E-state index contributed by atoms with van der Waals surface area (Å²) in [7, 11) is 1.93. The molecule has 1 aromatic heterocycles. The van der Waals surface area contributed by atoms with Crippen LogP contribution in [0.5, 0.6) is 5.75 Å². The van der Waals surface area contributed by atoms with Crippen LogP contribution in [0.2, 0.25) is 5.02 Å². The van der Waals surface area contributed by atoms with E-state index in [0.29, 0.717) is 23.4 Å². The van der Waals surface area contributed by atoms with Crippen LogP contribution in [0.1, 0.15) is 30.7 Å². The Bertz CT molecular complexity index is 777. The largest absolute Gasteiger partial charge is 0.493 e. The maximum absolute atomic E-state index is 11.8. The number of nitrogens with zero attached hydrogens (tertiary/aromatic N) is 3. The number of rotatable bonds is 9. The molecule has 1 aromatic carbocycles. The van der Waals surface area contributed by atoms with Crippen molar-refractivity contribution in [1.29, 1.82) is 0 Å². The van der Waals surface area contributed by atoms with Gasteiger partial charge in [0, 0.05) is 24.5 Å². The van der Waals surface area contributed by atoms with Crippen molar-refractivity contribution < 1.29 is 9.53 Å². The monoisotopic (exact) mass is 394 g/mol. The van der Waals surface area contributed by atoms with E-state index < -0.39 is 0 Å². The summed E-state index contributed by atoms with van der Waals surface area (Å²) >= 11 is 7.37. The van der Waals surface area contributed by atoms with Crippen LogP contribution in [0.3, 0.4) is 0 Å². The first-order chi connectivity index (χ1) is 12.5. The molecule has 0 radical (unpaired) electrons. The van der Waals surface area contributed by atoms with Crippen molar-refractivity contribution in [3.05, 3.63) is 34.6 Å². The van der Waals surface area contributed by atoms with Gasteiger partial charge in [-0.25, -0.2) is 0 Å². The molecule has 2 aromatic rings. The van der Waals surface area contributed by atoms with Gasteiger partial charge < -0.3 is 14.6 Å². The number of benzene rings is 1. The molecule has 0 spiro atoms. The molecule has 1 heterocycles. The van der Waals surface area contributed by atoms with Crippen molar-refractivity contribution >= 4 is 29.3 Å². The molecule has 1 aliphatic carbocycles. The number of halogens is 1. The third kappa shape index (κ3) is 5.38. The predicted molar refractivity (Wildman–Crippen MR) is 103 cm³/mol. The lowest BCUT2D eigenvalue weighted by molar-refractivity contribution is -0.118. The van der Waals surface area contributed by atoms with Crippen LogP contribution >= 0.6 is 23.4 Å². The van der Waals surface area contributed by atoms with Gasteiger partial charge in [0.25, 0.3) is 0 Å². The summed E-state index contributed by atoms with van der Waals surface area (Å²) < 4.78 is 7.75. The van der Waals surface area contributed by atoms with E-state index in [1.54, 1.807) is 0 Å². The minimum absolute atomic E-state index is 0.0637. The van der Waals surface area contributed by atoms with Gasteiger partial charge in [0.2, 0.25) is 5.91 Å². The lowest BCUT2D eigenvalue weighted by atomic mass is 10.2. The van der Waals surface area contributed by atoms with Gasteiger partial charge in [-0.05, 0) is 49.9 Å². The smallest absolute Gasteiger partial charge is 0.230 e. The van der Waals surface area contributed by atoms with Gasteiger partial charge in [0.15, 0.2) is 5.16 Å². The number of carbonyl (C=O) groups is 1. The SMILES string of the molecule is Cc1cc(Cl)ccc1OCCCc1nnc(SCC(=O)NC2CC2)n1C. The average Bonchev–Trinajstić information content (AvgIpc) is 3.34. The molecule has 0 bridgehead atoms. The molecule has 0 aliphatic heterocycles. The van der Waals surface area contributed by atoms with E-state index in [-0.39, 0.29) is 5.91 Å². The Balaban J connectivity index is 1.42. The van der Waals surface area contributed by atoms with Gasteiger partial charge in [-0.3, -0.25) is 4.79 Å². The Morgan fingerprint density at radius 3 is 2.96 bits per heavy atom. The first-order valence-electron chi connectivity index (χ1n) is 8.72. The highest BCUT2D eigenvalue weighted by Crippen LogP contribution is 2.22. The number of ether oxygens (including phenoxy) is 1. The first-order valence-corrected chi connectivity index (χ1v) is 10.1. The van der Waals surface area contributed by atoms with Gasteiger partial charge in [-0.15, -0.1) is 10.2 Å². The maximum Gasteiger partial charge on any atom is 0.230 e. The Morgan fingerprint density at radius 2 is 2.23 bits per heavy atom. The summed E-state index contributed by atoms with van der Waals surface area (Å²) in [4.78, 5) is 11.8. The third-order valence-corrected chi connectivity index (χ3v) is 5.39. The molecular formula is C18H23ClN4O2S. The first kappa shape index (κ1) is 19.0. The summed E-state index contributed by atoms with van der Waals surface area (Å²) in [6, 6.07) is 6.00. The molecule has 3 rings (SSSR count). The van der Waals surface area contributed by atoms with Crippen LogP contribution in [0.15, 0.2) is 23.4 Å². The van der Waals surface area contributed by atoms with E-state index in [4.69, 9.17) is 16.3 Å². The molecule has 6 nitrogen and oxygen atoms in total. The maximum atomic E-state index is 11.8. The molecule has 1 N–H and O–H groups in total. The number of hydrogen-bond acceptors (Lipinski definition) is 5. The van der Waals surface area contributed by atoms with Crippen LogP contribution in [0.25, 0.3) is 0 Å². The Morgan fingerprint density at radius 1 is 1.42 bits per heavy atom. The molecule has 140 valence electrons. The molecule has 1 amide bonds. The molecule has 0 unspecified atom stereocenters. The van der Waals surface area contributed by atoms with Crippen LogP contribution in [-0.2, 0) is 18.3 Å². The van der Waals surface area contributed by atoms with Crippen LogP contribution in [0, 0.1) is 6.92 Å². The summed E-state index contributed by atoms with van der Waals surface area (Å²) in [5.41, 5.74) is 1.03. The molecule has 1 fully saturated rings. The minimum Gasteiger partial charge on any atom is -0.493 e. The van der Waals surface area contributed by atoms with E-state index in [1.807, 2.05) is 36.7 Å². The summed E-state index contributed by atoms with van der Waals surface area (Å²) in [5.74, 6) is 2.19. The second kappa shape index (κ2) is 8.77. The zero-order chi connectivity index (χ0) is 18.5. The normalized spacial score (nSPS) is 13.7. The van der Waals surface area contributed by atoms with Crippen LogP contribution in [0.4, 0.5) is 0 Å². The van der Waals surface area contributed by atoms with Gasteiger partial charge in [-0.1, -0.05) is 23.4 Å². The number of carbonyl (C=O) groups excluding carboxylic acids is 1. The lowest BCUT2D eigenvalue weighted by Crippen LogP contribution is -2.27. The Hall–Kier alpha value is -1.73. The second-order valence-corrected chi connectivity index (χ2v) is 7.83. The summed E-state index contributed by atoms with van der Waals surface area (Å²) in [6.45, 7) is 2.58. The van der Waals surface area contributed by atoms with Gasteiger partial charge in [0.1, 0.15) is 11.6 Å². The quantitative estimate of drug-likeness (QED) is 0.522. The van der Waals surface area contributed by atoms with Crippen molar-refractivity contribution in [2.45, 2.75) is 43.8 Å². The summed E-state index contributed by atoms with van der Waals surface area (Å²) in [5, 5.41) is 12.9. The van der Waals surface area contributed by atoms with Crippen molar-refractivity contribution in [3.8, 4) is 5.75 Å². The molecule has 0 atom stereocenters. The van der Waals surface area contributed by atoms with Gasteiger partial charge >= 0.3 is 0 Å². The Labute approximate surface area is 162 Å². The van der Waals surface area contributed by atoms with Crippen LogP contribution < -0.4 is 10.1 Å². The fourth-order valence-electron chi connectivity index (χ4n) is 2.50. The van der Waals surface area contributed by atoms with E-state index in [9.17, 15) is 4.79 Å². The van der Waals surface area contributed by atoms with E-state index in [0.717, 1.165) is 48.0 Å². The number of nitrogens with one attached hydrogen (secondary N) is 1. The topological polar surface area (TPSA) is 69.0 Å². The molecule has 0 saturated heterocycles. The van der Waals surface area contributed by atoms with Crippen LogP contribution in [-0.4, -0.2) is 39.1 Å². The summed E-state index contributed by atoms with van der Waals surface area (Å²) in [6.07, 6.45) is 3.80. The second-order valence-electron chi connectivity index (χ2n) is 6.45. The van der Waals surface area contributed by atoms with Gasteiger partial charge in [-0.2, -0.15) is 0 Å². The number of thioether (sulfide) groups is 1. The zero-order valence-electron chi connectivity index (χ0n) is 15.0. The average molecular weight is 395 g/mol. The lowest BCUT2D eigenvalue weighted by Gasteiger charge is -2.09. The highest BCUT2D eigenvalue weighted by Gasteiger charge is 2.23. The van der Waals surface area contributed by atoms with Crippen molar-refractivity contribution in [1.82, 2.24) is 20.1 Å². The molecular weight excluding hydrogens is 372 g/mol. The predicted octanol–water partition coefficient (Wildman–Crippen LogP) is 3.16. The van der Waals surface area contributed by atoms with E-state index in [1.165, 1.54) is 11.8 Å². The molecule has 8 heteroatoms. The molecule has 1 aliphatic rings. The highest BCUT2D eigenvalue weighted by atomic mass is 35.5. The Kier molecular flexibility index (Phi) is 6.43. The molecule has 26 heavy (non-hydrogen) atoms. The van der Waals surface area contributed by atoms with Crippen molar-refractivity contribution in [2.24, 2.45) is 7.05 Å². The van der Waals surface area contributed by atoms with Crippen molar-refractivity contribution in [3.63, 3.8) is 0 Å².